The number of amidine groups is 1. The van der Waals surface area contributed by atoms with Gasteiger partial charge < -0.3 is 0 Å². The van der Waals surface area contributed by atoms with E-state index < -0.39 is 5.82 Å². The van der Waals surface area contributed by atoms with Crippen LogP contribution in [0.3, 0.4) is 0 Å². The second kappa shape index (κ2) is 5.87. The summed E-state index contributed by atoms with van der Waals surface area (Å²) in [6.07, 6.45) is 0.584. The van der Waals surface area contributed by atoms with Crippen LogP contribution in [0.4, 0.5) is 4.39 Å². The normalized spacial score (nSPS) is 14.1. The summed E-state index contributed by atoms with van der Waals surface area (Å²) in [5.41, 5.74) is 1.18. The van der Waals surface area contributed by atoms with Crippen LogP contribution in [0.1, 0.15) is 15.9 Å². The molecule has 0 spiro atoms. The lowest BCUT2D eigenvalue weighted by Gasteiger charge is -2.19. The molecule has 3 nitrogen and oxygen atoms in total. The Labute approximate surface area is 122 Å². The molecule has 2 aromatic carbocycles. The Balaban J connectivity index is 1.81. The van der Waals surface area contributed by atoms with Crippen molar-refractivity contribution in [3.05, 3.63) is 71.5 Å². The molecule has 4 heteroatoms. The van der Waals surface area contributed by atoms with E-state index in [4.69, 9.17) is 0 Å². The van der Waals surface area contributed by atoms with Gasteiger partial charge >= 0.3 is 0 Å². The minimum Gasteiger partial charge on any atom is -0.294 e. The number of hydrogen-bond acceptors (Lipinski definition) is 2. The van der Waals surface area contributed by atoms with Crippen LogP contribution in [-0.4, -0.2) is 29.7 Å². The van der Waals surface area contributed by atoms with Gasteiger partial charge in [0.05, 0.1) is 12.1 Å². The van der Waals surface area contributed by atoms with Crippen molar-refractivity contribution in [3.63, 3.8) is 0 Å². The highest BCUT2D eigenvalue weighted by molar-refractivity contribution is 6.07. The molecule has 106 valence electrons. The van der Waals surface area contributed by atoms with Crippen molar-refractivity contribution in [2.75, 3.05) is 13.1 Å². The van der Waals surface area contributed by atoms with E-state index in [1.165, 1.54) is 12.1 Å². The molecule has 0 radical (unpaired) electrons. The molecule has 0 saturated carbocycles. The summed E-state index contributed by atoms with van der Waals surface area (Å²) < 4.78 is 13.8. The van der Waals surface area contributed by atoms with Gasteiger partial charge in [-0.1, -0.05) is 42.5 Å². The molecule has 3 rings (SSSR count). The zero-order valence-corrected chi connectivity index (χ0v) is 11.5. The summed E-state index contributed by atoms with van der Waals surface area (Å²) in [6, 6.07) is 15.9. The Morgan fingerprint density at radius 3 is 2.57 bits per heavy atom. The van der Waals surface area contributed by atoms with Gasteiger partial charge in [0.1, 0.15) is 11.7 Å². The number of benzene rings is 2. The van der Waals surface area contributed by atoms with Crippen LogP contribution in [-0.2, 0) is 6.42 Å². The van der Waals surface area contributed by atoms with E-state index in [1.807, 2.05) is 30.3 Å². The zero-order chi connectivity index (χ0) is 14.7. The maximum Gasteiger partial charge on any atom is 0.262 e. The number of halogens is 1. The van der Waals surface area contributed by atoms with Crippen LogP contribution in [0, 0.1) is 5.82 Å². The monoisotopic (exact) mass is 282 g/mol. The molecule has 1 aliphatic rings. The average Bonchev–Trinajstić information content (AvgIpc) is 2.96. The number of rotatable bonds is 3. The smallest absolute Gasteiger partial charge is 0.262 e. The fraction of sp³-hybridized carbons (Fsp3) is 0.176. The van der Waals surface area contributed by atoms with E-state index >= 15 is 0 Å². The van der Waals surface area contributed by atoms with E-state index in [0.29, 0.717) is 25.3 Å². The maximum absolute atomic E-state index is 13.8. The molecule has 21 heavy (non-hydrogen) atoms. The van der Waals surface area contributed by atoms with Gasteiger partial charge in [-0.05, 0) is 17.7 Å². The lowest BCUT2D eigenvalue weighted by atomic mass is 10.1. The summed E-state index contributed by atoms with van der Waals surface area (Å²) in [6.45, 7) is 1.08. The lowest BCUT2D eigenvalue weighted by Crippen LogP contribution is -2.35. The molecule has 0 fully saturated rings. The summed E-state index contributed by atoms with van der Waals surface area (Å²) in [5, 5.41) is 0. The maximum atomic E-state index is 13.8. The Hall–Kier alpha value is -2.49. The van der Waals surface area contributed by atoms with Gasteiger partial charge in [0.15, 0.2) is 0 Å². The summed E-state index contributed by atoms with van der Waals surface area (Å²) in [7, 11) is 0. The quantitative estimate of drug-likeness (QED) is 0.852. The largest absolute Gasteiger partial charge is 0.294 e. The minimum absolute atomic E-state index is 0.0974. The van der Waals surface area contributed by atoms with Gasteiger partial charge in [-0.15, -0.1) is 0 Å². The van der Waals surface area contributed by atoms with Crippen molar-refractivity contribution in [3.8, 4) is 0 Å². The molecule has 1 amide bonds. The van der Waals surface area contributed by atoms with Crippen molar-refractivity contribution >= 4 is 11.7 Å². The first-order valence-electron chi connectivity index (χ1n) is 6.89. The predicted octanol–water partition coefficient (Wildman–Crippen LogP) is 2.92. The highest BCUT2D eigenvalue weighted by atomic mass is 19.1. The molecule has 0 unspecified atom stereocenters. The van der Waals surface area contributed by atoms with E-state index in [0.717, 1.165) is 5.56 Å². The summed E-state index contributed by atoms with van der Waals surface area (Å²) in [5.74, 6) is -0.108. The van der Waals surface area contributed by atoms with Gasteiger partial charge in [-0.3, -0.25) is 14.7 Å². The standard InChI is InChI=1S/C17H15FN2O/c18-15-9-5-4-8-14(15)17(21)20-11-10-19-16(20)12-13-6-2-1-3-7-13/h1-9H,10-12H2. The second-order valence-corrected chi connectivity index (χ2v) is 4.90. The second-order valence-electron chi connectivity index (χ2n) is 4.90. The van der Waals surface area contributed by atoms with Crippen molar-refractivity contribution in [1.29, 1.82) is 0 Å². The number of aliphatic imine (C=N–C) groups is 1. The first kappa shape index (κ1) is 13.5. The fourth-order valence-corrected chi connectivity index (χ4v) is 2.42. The highest BCUT2D eigenvalue weighted by Gasteiger charge is 2.26. The third-order valence-corrected chi connectivity index (χ3v) is 3.48. The van der Waals surface area contributed by atoms with Crippen LogP contribution in [0.5, 0.6) is 0 Å². The number of nitrogens with zero attached hydrogens (tertiary/aromatic N) is 2. The lowest BCUT2D eigenvalue weighted by molar-refractivity contribution is 0.0852. The molecular formula is C17H15FN2O. The Kier molecular flexibility index (Phi) is 3.77. The molecule has 1 heterocycles. The zero-order valence-electron chi connectivity index (χ0n) is 11.5. The Morgan fingerprint density at radius 2 is 1.81 bits per heavy atom. The van der Waals surface area contributed by atoms with Crippen molar-refractivity contribution < 1.29 is 9.18 Å². The predicted molar refractivity (Wildman–Crippen MR) is 79.9 cm³/mol. The Bertz CT molecular complexity index is 682. The van der Waals surface area contributed by atoms with E-state index in [2.05, 4.69) is 4.99 Å². The van der Waals surface area contributed by atoms with Crippen LogP contribution in [0.25, 0.3) is 0 Å². The number of hydrogen-bond donors (Lipinski definition) is 0. The minimum atomic E-state index is -0.492. The molecule has 0 atom stereocenters. The van der Waals surface area contributed by atoms with E-state index in [1.54, 1.807) is 17.0 Å². The molecule has 1 aliphatic heterocycles. The molecule has 2 aromatic rings. The molecule has 0 aromatic heterocycles. The van der Waals surface area contributed by atoms with Crippen LogP contribution >= 0.6 is 0 Å². The fourth-order valence-electron chi connectivity index (χ4n) is 2.42. The molecule has 0 bridgehead atoms. The summed E-state index contributed by atoms with van der Waals surface area (Å²) >= 11 is 0. The van der Waals surface area contributed by atoms with Crippen LogP contribution < -0.4 is 0 Å². The molecule has 0 aliphatic carbocycles. The van der Waals surface area contributed by atoms with E-state index in [9.17, 15) is 9.18 Å². The number of carbonyl (C=O) groups is 1. The van der Waals surface area contributed by atoms with Gasteiger partial charge in [0, 0.05) is 13.0 Å². The van der Waals surface area contributed by atoms with Crippen LogP contribution in [0.2, 0.25) is 0 Å². The van der Waals surface area contributed by atoms with Gasteiger partial charge in [0.2, 0.25) is 0 Å². The van der Waals surface area contributed by atoms with Crippen molar-refractivity contribution in [1.82, 2.24) is 4.90 Å². The van der Waals surface area contributed by atoms with Gasteiger partial charge in [0.25, 0.3) is 5.91 Å². The average molecular weight is 282 g/mol. The Morgan fingerprint density at radius 1 is 1.10 bits per heavy atom. The number of amides is 1. The first-order valence-corrected chi connectivity index (χ1v) is 6.89. The molecule has 0 saturated heterocycles. The molecule has 0 N–H and O–H groups in total. The third-order valence-electron chi connectivity index (χ3n) is 3.48. The highest BCUT2D eigenvalue weighted by Crippen LogP contribution is 2.15. The van der Waals surface area contributed by atoms with Gasteiger partial charge in [-0.2, -0.15) is 0 Å². The van der Waals surface area contributed by atoms with Crippen molar-refractivity contribution in [2.24, 2.45) is 4.99 Å². The van der Waals surface area contributed by atoms with Crippen molar-refractivity contribution in [2.45, 2.75) is 6.42 Å². The third kappa shape index (κ3) is 2.84. The van der Waals surface area contributed by atoms with Crippen LogP contribution in [0.15, 0.2) is 59.6 Å². The first-order chi connectivity index (χ1) is 10.3. The topological polar surface area (TPSA) is 32.7 Å². The molecular weight excluding hydrogens is 267 g/mol. The van der Waals surface area contributed by atoms with E-state index in [-0.39, 0.29) is 11.5 Å². The number of carbonyl (C=O) groups excluding carboxylic acids is 1. The summed E-state index contributed by atoms with van der Waals surface area (Å²) in [4.78, 5) is 18.4. The van der Waals surface area contributed by atoms with Gasteiger partial charge in [-0.25, -0.2) is 4.39 Å². The SMILES string of the molecule is O=C(c1ccccc1F)N1CCN=C1Cc1ccccc1.